The quantitative estimate of drug-likeness (QED) is 0.361. The van der Waals surface area contributed by atoms with Crippen molar-refractivity contribution in [1.29, 1.82) is 0 Å². The van der Waals surface area contributed by atoms with Crippen molar-refractivity contribution in [3.05, 3.63) is 76.0 Å². The van der Waals surface area contributed by atoms with E-state index in [9.17, 15) is 22.4 Å². The fourth-order valence-corrected chi connectivity index (χ4v) is 4.80. The zero-order valence-corrected chi connectivity index (χ0v) is 18.9. The van der Waals surface area contributed by atoms with E-state index in [0.717, 1.165) is 23.3 Å². The molecule has 1 aliphatic rings. The molecule has 1 aliphatic heterocycles. The van der Waals surface area contributed by atoms with Crippen LogP contribution in [0.1, 0.15) is 59.9 Å². The van der Waals surface area contributed by atoms with Crippen LogP contribution in [0.4, 0.5) is 17.6 Å². The Labute approximate surface area is 189 Å². The van der Waals surface area contributed by atoms with E-state index in [2.05, 4.69) is 5.10 Å². The Hall–Kier alpha value is -3.16. The van der Waals surface area contributed by atoms with Crippen LogP contribution in [0.25, 0.3) is 11.3 Å². The van der Waals surface area contributed by atoms with Gasteiger partial charge in [-0.1, -0.05) is 19.9 Å². The third-order valence-electron chi connectivity index (χ3n) is 6.37. The van der Waals surface area contributed by atoms with E-state index < -0.39 is 35.2 Å². The van der Waals surface area contributed by atoms with E-state index in [1.165, 1.54) is 16.8 Å². The summed E-state index contributed by atoms with van der Waals surface area (Å²) in [5.41, 5.74) is 2.74. The summed E-state index contributed by atoms with van der Waals surface area (Å²) in [7, 11) is 1.65. The highest BCUT2D eigenvalue weighted by atomic mass is 19.2. The number of halogens is 4. The SMILES string of the molecule is CCC1Cc2c(nn(C)c2-c2cc(F)c(F)c(F)c2)C(CC)N1C(=O)c1ccc(C)cc1F. The van der Waals surface area contributed by atoms with E-state index >= 15 is 0 Å². The molecule has 1 amide bonds. The predicted molar refractivity (Wildman–Crippen MR) is 117 cm³/mol. The molecule has 2 unspecified atom stereocenters. The molecule has 0 saturated carbocycles. The standard InChI is InChI=1S/C25H25F4N3O/c1-5-15-12-17-23(30-31(4)24(17)14-10-19(27)22(29)20(28)11-14)21(6-2)32(15)25(33)16-8-7-13(3)9-18(16)26/h7-11,15,21H,5-6,12H2,1-4H3. The molecule has 1 aromatic heterocycles. The van der Waals surface area contributed by atoms with Crippen LogP contribution in [0.2, 0.25) is 0 Å². The van der Waals surface area contributed by atoms with Crippen molar-refractivity contribution in [2.75, 3.05) is 0 Å². The average Bonchev–Trinajstić information content (AvgIpc) is 3.10. The third-order valence-corrected chi connectivity index (χ3v) is 6.37. The summed E-state index contributed by atoms with van der Waals surface area (Å²) in [6.07, 6.45) is 1.49. The van der Waals surface area contributed by atoms with E-state index in [1.807, 2.05) is 13.8 Å². The summed E-state index contributed by atoms with van der Waals surface area (Å²) in [6.45, 7) is 5.59. The molecule has 4 nitrogen and oxygen atoms in total. The summed E-state index contributed by atoms with van der Waals surface area (Å²) < 4.78 is 57.6. The molecule has 3 aromatic rings. The molecule has 8 heteroatoms. The summed E-state index contributed by atoms with van der Waals surface area (Å²) >= 11 is 0. The van der Waals surface area contributed by atoms with Crippen molar-refractivity contribution in [3.8, 4) is 11.3 Å². The molecule has 33 heavy (non-hydrogen) atoms. The average molecular weight is 459 g/mol. The third kappa shape index (κ3) is 3.81. The van der Waals surface area contributed by atoms with Crippen LogP contribution in [0.3, 0.4) is 0 Å². The van der Waals surface area contributed by atoms with Crippen LogP contribution in [0.15, 0.2) is 30.3 Å². The first-order valence-electron chi connectivity index (χ1n) is 11.0. The van der Waals surface area contributed by atoms with Gasteiger partial charge in [0.2, 0.25) is 0 Å². The van der Waals surface area contributed by atoms with Crippen molar-refractivity contribution in [2.45, 2.75) is 52.1 Å². The molecule has 0 aliphatic carbocycles. The first-order chi connectivity index (χ1) is 15.7. The molecule has 2 aromatic carbocycles. The van der Waals surface area contributed by atoms with Crippen molar-refractivity contribution in [1.82, 2.24) is 14.7 Å². The Morgan fingerprint density at radius 1 is 1.03 bits per heavy atom. The number of hydrogen-bond donors (Lipinski definition) is 0. The van der Waals surface area contributed by atoms with Gasteiger partial charge in [-0.2, -0.15) is 5.10 Å². The highest BCUT2D eigenvalue weighted by Gasteiger charge is 2.40. The van der Waals surface area contributed by atoms with Gasteiger partial charge in [-0.05, 0) is 56.0 Å². The largest absolute Gasteiger partial charge is 0.327 e. The molecule has 0 radical (unpaired) electrons. The first kappa shape index (κ1) is 23.0. The minimum absolute atomic E-state index is 0.000202. The number of amides is 1. The number of fused-ring (bicyclic) bond motifs is 1. The predicted octanol–water partition coefficient (Wildman–Crippen LogP) is 5.88. The smallest absolute Gasteiger partial charge is 0.257 e. The Morgan fingerprint density at radius 3 is 2.27 bits per heavy atom. The van der Waals surface area contributed by atoms with Crippen LogP contribution in [-0.4, -0.2) is 26.6 Å². The maximum atomic E-state index is 14.6. The monoisotopic (exact) mass is 459 g/mol. The van der Waals surface area contributed by atoms with Gasteiger partial charge in [0.15, 0.2) is 17.5 Å². The van der Waals surface area contributed by atoms with Crippen LogP contribution in [0, 0.1) is 30.2 Å². The molecular formula is C25H25F4N3O. The fourth-order valence-electron chi connectivity index (χ4n) is 4.80. The van der Waals surface area contributed by atoms with Gasteiger partial charge in [-0.15, -0.1) is 0 Å². The highest BCUT2D eigenvalue weighted by molar-refractivity contribution is 5.95. The van der Waals surface area contributed by atoms with Crippen LogP contribution in [-0.2, 0) is 13.5 Å². The molecule has 0 bridgehead atoms. The maximum absolute atomic E-state index is 14.6. The number of carbonyl (C=O) groups excluding carboxylic acids is 1. The number of nitrogens with zero attached hydrogens (tertiary/aromatic N) is 3. The van der Waals surface area contributed by atoms with Gasteiger partial charge >= 0.3 is 0 Å². The van der Waals surface area contributed by atoms with Crippen molar-refractivity contribution >= 4 is 5.91 Å². The molecule has 174 valence electrons. The number of rotatable bonds is 4. The van der Waals surface area contributed by atoms with E-state index in [-0.39, 0.29) is 17.2 Å². The number of hydrogen-bond acceptors (Lipinski definition) is 2. The van der Waals surface area contributed by atoms with Crippen LogP contribution < -0.4 is 0 Å². The Balaban J connectivity index is 1.84. The van der Waals surface area contributed by atoms with E-state index in [1.54, 1.807) is 24.9 Å². The zero-order valence-electron chi connectivity index (χ0n) is 18.9. The molecule has 2 atom stereocenters. The fraction of sp³-hybridized carbons (Fsp3) is 0.360. The summed E-state index contributed by atoms with van der Waals surface area (Å²) in [5.74, 6) is -5.06. The molecular weight excluding hydrogens is 434 g/mol. The molecule has 0 fully saturated rings. The van der Waals surface area contributed by atoms with Gasteiger partial charge in [0.25, 0.3) is 5.91 Å². The zero-order chi connectivity index (χ0) is 24.0. The van der Waals surface area contributed by atoms with Gasteiger partial charge in [0, 0.05) is 24.2 Å². The number of aryl methyl sites for hydroxylation is 2. The van der Waals surface area contributed by atoms with Gasteiger partial charge in [0.1, 0.15) is 5.82 Å². The van der Waals surface area contributed by atoms with Crippen molar-refractivity contribution in [3.63, 3.8) is 0 Å². The minimum Gasteiger partial charge on any atom is -0.327 e. The second kappa shape index (κ2) is 8.65. The Kier molecular flexibility index (Phi) is 6.03. The summed E-state index contributed by atoms with van der Waals surface area (Å²) in [6, 6.07) is 5.73. The lowest BCUT2D eigenvalue weighted by molar-refractivity contribution is 0.0508. The van der Waals surface area contributed by atoms with E-state index in [4.69, 9.17) is 0 Å². The number of carbonyl (C=O) groups is 1. The van der Waals surface area contributed by atoms with Gasteiger partial charge < -0.3 is 4.90 Å². The lowest BCUT2D eigenvalue weighted by atomic mass is 9.87. The minimum atomic E-state index is -1.52. The van der Waals surface area contributed by atoms with Crippen LogP contribution >= 0.6 is 0 Å². The second-order valence-corrected chi connectivity index (χ2v) is 8.48. The molecule has 0 N–H and O–H groups in total. The molecule has 0 spiro atoms. The lowest BCUT2D eigenvalue weighted by Crippen LogP contribution is -2.47. The molecule has 4 rings (SSSR count). The topological polar surface area (TPSA) is 38.1 Å². The second-order valence-electron chi connectivity index (χ2n) is 8.48. The molecule has 2 heterocycles. The Morgan fingerprint density at radius 2 is 1.70 bits per heavy atom. The first-order valence-corrected chi connectivity index (χ1v) is 11.0. The normalized spacial score (nSPS) is 17.9. The highest BCUT2D eigenvalue weighted by Crippen LogP contribution is 2.41. The van der Waals surface area contributed by atoms with Crippen molar-refractivity contribution < 1.29 is 22.4 Å². The molecule has 0 saturated heterocycles. The Bertz CT molecular complexity index is 1210. The lowest BCUT2D eigenvalue weighted by Gasteiger charge is -2.41. The number of aromatic nitrogens is 2. The maximum Gasteiger partial charge on any atom is 0.257 e. The van der Waals surface area contributed by atoms with Gasteiger partial charge in [0.05, 0.1) is 23.0 Å². The van der Waals surface area contributed by atoms with Crippen molar-refractivity contribution in [2.24, 2.45) is 7.05 Å². The summed E-state index contributed by atoms with van der Waals surface area (Å²) in [5, 5.41) is 4.58. The summed E-state index contributed by atoms with van der Waals surface area (Å²) in [4.78, 5) is 15.2. The van der Waals surface area contributed by atoms with Crippen LogP contribution in [0.5, 0.6) is 0 Å². The number of benzene rings is 2. The van der Waals surface area contributed by atoms with Gasteiger partial charge in [-0.3, -0.25) is 9.48 Å². The van der Waals surface area contributed by atoms with Gasteiger partial charge in [-0.25, -0.2) is 17.6 Å². The van der Waals surface area contributed by atoms with E-state index in [0.29, 0.717) is 30.7 Å².